The van der Waals surface area contributed by atoms with Crippen LogP contribution >= 0.6 is 0 Å². The molecule has 2 aromatic rings. The zero-order valence-electron chi connectivity index (χ0n) is 9.40. The number of aromatic nitrogens is 2. The van der Waals surface area contributed by atoms with Crippen molar-refractivity contribution in [3.63, 3.8) is 0 Å². The third kappa shape index (κ3) is 2.06. The number of halogens is 1. The lowest BCUT2D eigenvalue weighted by molar-refractivity contribution is 0.416. The van der Waals surface area contributed by atoms with E-state index in [0.29, 0.717) is 16.9 Å². The first-order chi connectivity index (χ1) is 8.65. The largest absolute Gasteiger partial charge is 0.496 e. The average molecular weight is 245 g/mol. The Hall–Kier alpha value is -2.68. The predicted octanol–water partition coefficient (Wildman–Crippen LogP) is 1.46. The summed E-state index contributed by atoms with van der Waals surface area (Å²) in [5.74, 6) is -0.335. The van der Waals surface area contributed by atoms with Crippen LogP contribution < -0.4 is 10.4 Å². The number of nitriles is 1. The van der Waals surface area contributed by atoms with E-state index in [1.807, 2.05) is 6.07 Å². The number of rotatable bonds is 2. The Balaban J connectivity index is 2.73. The first kappa shape index (κ1) is 11.8. The van der Waals surface area contributed by atoms with Crippen LogP contribution in [0.5, 0.6) is 5.75 Å². The van der Waals surface area contributed by atoms with Gasteiger partial charge in [-0.05, 0) is 18.2 Å². The highest BCUT2D eigenvalue weighted by molar-refractivity contribution is 5.69. The fraction of sp³-hybridized carbons (Fsp3) is 0.0833. The van der Waals surface area contributed by atoms with E-state index in [2.05, 4.69) is 9.97 Å². The van der Waals surface area contributed by atoms with Crippen molar-refractivity contribution in [2.45, 2.75) is 0 Å². The summed E-state index contributed by atoms with van der Waals surface area (Å²) in [6.07, 6.45) is 0.826. The summed E-state index contributed by atoms with van der Waals surface area (Å²) in [6, 6.07) is 6.45. The van der Waals surface area contributed by atoms with Gasteiger partial charge in [0.25, 0.3) is 0 Å². The Kier molecular flexibility index (Phi) is 3.06. The molecule has 0 spiro atoms. The van der Waals surface area contributed by atoms with Crippen molar-refractivity contribution in [3.05, 3.63) is 46.3 Å². The number of ether oxygens (including phenoxy) is 1. The summed E-state index contributed by atoms with van der Waals surface area (Å²) in [5.41, 5.74) is -0.0869. The molecular formula is C12H8FN3O2. The van der Waals surface area contributed by atoms with E-state index in [0.717, 1.165) is 6.20 Å². The molecule has 0 radical (unpaired) electrons. The Bertz CT molecular complexity index is 688. The highest BCUT2D eigenvalue weighted by Crippen LogP contribution is 2.30. The van der Waals surface area contributed by atoms with Gasteiger partial charge in [-0.1, -0.05) is 0 Å². The zero-order chi connectivity index (χ0) is 13.1. The van der Waals surface area contributed by atoms with Crippen LogP contribution in [0.1, 0.15) is 5.56 Å². The second-order valence-corrected chi connectivity index (χ2v) is 3.44. The average Bonchev–Trinajstić information content (AvgIpc) is 2.40. The molecule has 0 aliphatic heterocycles. The van der Waals surface area contributed by atoms with Crippen LogP contribution in [0, 0.1) is 17.1 Å². The molecule has 0 fully saturated rings. The molecule has 1 aromatic heterocycles. The molecule has 1 N–H and O–H groups in total. The van der Waals surface area contributed by atoms with Crippen LogP contribution in [-0.2, 0) is 0 Å². The smallest absolute Gasteiger partial charge is 0.345 e. The first-order valence-corrected chi connectivity index (χ1v) is 4.99. The van der Waals surface area contributed by atoms with Gasteiger partial charge >= 0.3 is 5.69 Å². The number of aromatic amines is 1. The molecule has 0 amide bonds. The van der Waals surface area contributed by atoms with Gasteiger partial charge in [0.15, 0.2) is 5.82 Å². The van der Waals surface area contributed by atoms with E-state index in [-0.39, 0.29) is 5.69 Å². The van der Waals surface area contributed by atoms with E-state index in [9.17, 15) is 9.18 Å². The van der Waals surface area contributed by atoms with Crippen LogP contribution in [0.2, 0.25) is 0 Å². The van der Waals surface area contributed by atoms with Gasteiger partial charge < -0.3 is 9.72 Å². The van der Waals surface area contributed by atoms with Crippen molar-refractivity contribution in [2.24, 2.45) is 0 Å². The minimum absolute atomic E-state index is 0.0519. The fourth-order valence-corrected chi connectivity index (χ4v) is 1.55. The lowest BCUT2D eigenvalue weighted by atomic mass is 10.1. The van der Waals surface area contributed by atoms with Gasteiger partial charge in [0.2, 0.25) is 0 Å². The third-order valence-electron chi connectivity index (χ3n) is 2.36. The summed E-state index contributed by atoms with van der Waals surface area (Å²) < 4.78 is 18.7. The van der Waals surface area contributed by atoms with E-state index < -0.39 is 11.5 Å². The number of benzene rings is 1. The summed E-state index contributed by atoms with van der Waals surface area (Å²) in [7, 11) is 1.42. The van der Waals surface area contributed by atoms with E-state index >= 15 is 0 Å². The molecule has 0 aliphatic rings. The molecule has 5 nitrogen and oxygen atoms in total. The summed E-state index contributed by atoms with van der Waals surface area (Å²) in [5, 5.41) is 8.83. The second-order valence-electron chi connectivity index (χ2n) is 3.44. The monoisotopic (exact) mass is 245 g/mol. The lowest BCUT2D eigenvalue weighted by Gasteiger charge is -2.09. The zero-order valence-corrected chi connectivity index (χ0v) is 9.40. The van der Waals surface area contributed by atoms with Crippen molar-refractivity contribution in [1.82, 2.24) is 9.97 Å². The van der Waals surface area contributed by atoms with Crippen LogP contribution in [-0.4, -0.2) is 17.1 Å². The van der Waals surface area contributed by atoms with Crippen LogP contribution in [0.3, 0.4) is 0 Å². The van der Waals surface area contributed by atoms with Crippen LogP contribution in [0.4, 0.5) is 4.39 Å². The quantitative estimate of drug-likeness (QED) is 0.868. The molecule has 18 heavy (non-hydrogen) atoms. The Morgan fingerprint density at radius 2 is 2.28 bits per heavy atom. The SMILES string of the molecule is COc1ccc(C#N)cc1-c1[nH]c(=O)ncc1F. The van der Waals surface area contributed by atoms with E-state index in [1.165, 1.54) is 19.2 Å². The molecule has 6 heteroatoms. The van der Waals surface area contributed by atoms with Gasteiger partial charge in [0.1, 0.15) is 5.75 Å². The highest BCUT2D eigenvalue weighted by Gasteiger charge is 2.13. The first-order valence-electron chi connectivity index (χ1n) is 4.99. The van der Waals surface area contributed by atoms with Gasteiger partial charge in [0.05, 0.1) is 30.6 Å². The number of methoxy groups -OCH3 is 1. The van der Waals surface area contributed by atoms with Crippen molar-refractivity contribution in [3.8, 4) is 23.1 Å². The van der Waals surface area contributed by atoms with Gasteiger partial charge in [-0.2, -0.15) is 10.2 Å². The molecule has 0 unspecified atom stereocenters. The minimum atomic E-state index is -0.692. The maximum Gasteiger partial charge on any atom is 0.345 e. The molecule has 90 valence electrons. The van der Waals surface area contributed by atoms with Gasteiger partial charge in [-0.15, -0.1) is 0 Å². The van der Waals surface area contributed by atoms with Gasteiger partial charge in [0, 0.05) is 5.56 Å². The standard InChI is InChI=1S/C12H8FN3O2/c1-18-10-3-2-7(5-14)4-8(10)11-9(13)6-15-12(17)16-11/h2-4,6H,1H3,(H,15,16,17). The molecule has 0 aliphatic carbocycles. The fourth-order valence-electron chi connectivity index (χ4n) is 1.55. The van der Waals surface area contributed by atoms with Crippen molar-refractivity contribution in [1.29, 1.82) is 5.26 Å². The number of H-pyrrole nitrogens is 1. The van der Waals surface area contributed by atoms with Crippen LogP contribution in [0.15, 0.2) is 29.2 Å². The predicted molar refractivity (Wildman–Crippen MR) is 61.5 cm³/mol. The molecule has 2 rings (SSSR count). The molecule has 1 heterocycles. The number of hydrogen-bond donors (Lipinski definition) is 1. The molecule has 0 saturated heterocycles. The maximum atomic E-state index is 13.6. The van der Waals surface area contributed by atoms with Crippen LogP contribution in [0.25, 0.3) is 11.3 Å². The third-order valence-corrected chi connectivity index (χ3v) is 2.36. The molecule has 1 aromatic carbocycles. The Morgan fingerprint density at radius 1 is 1.50 bits per heavy atom. The molecule has 0 saturated carbocycles. The van der Waals surface area contributed by atoms with Gasteiger partial charge in [-0.25, -0.2) is 9.18 Å². The van der Waals surface area contributed by atoms with Crippen molar-refractivity contribution < 1.29 is 9.13 Å². The topological polar surface area (TPSA) is 78.8 Å². The molecular weight excluding hydrogens is 237 g/mol. The normalized spacial score (nSPS) is 9.83. The second kappa shape index (κ2) is 4.67. The number of nitrogens with one attached hydrogen (secondary N) is 1. The van der Waals surface area contributed by atoms with Gasteiger partial charge in [-0.3, -0.25) is 0 Å². The van der Waals surface area contributed by atoms with E-state index in [4.69, 9.17) is 10.00 Å². The number of hydrogen-bond acceptors (Lipinski definition) is 4. The summed E-state index contributed by atoms with van der Waals surface area (Å²) in [4.78, 5) is 16.7. The lowest BCUT2D eigenvalue weighted by Crippen LogP contribution is -2.12. The van der Waals surface area contributed by atoms with E-state index in [1.54, 1.807) is 6.07 Å². The molecule has 0 atom stereocenters. The maximum absolute atomic E-state index is 13.6. The van der Waals surface area contributed by atoms with Crippen molar-refractivity contribution >= 4 is 0 Å². The summed E-state index contributed by atoms with van der Waals surface area (Å²) >= 11 is 0. The molecule has 0 bridgehead atoms. The number of nitrogens with zero attached hydrogens (tertiary/aromatic N) is 2. The van der Waals surface area contributed by atoms with Crippen molar-refractivity contribution in [2.75, 3.05) is 7.11 Å². The Labute approximate surface area is 101 Å². The highest BCUT2D eigenvalue weighted by atomic mass is 19.1. The summed E-state index contributed by atoms with van der Waals surface area (Å²) in [6.45, 7) is 0. The minimum Gasteiger partial charge on any atom is -0.496 e. The Morgan fingerprint density at radius 3 is 2.94 bits per heavy atom.